The van der Waals surface area contributed by atoms with E-state index in [-0.39, 0.29) is 0 Å². The van der Waals surface area contributed by atoms with Gasteiger partial charge in [-0.25, -0.2) is 0 Å². The molecular weight excluding hydrogens is 174 g/mol. The Morgan fingerprint density at radius 1 is 1.14 bits per heavy atom. The number of Topliss-reactive ketones (excluding diaryl/α,β-unsaturated/α-hetero) is 1. The molecule has 1 heterocycles. The van der Waals surface area contributed by atoms with Crippen LogP contribution in [0.5, 0.6) is 0 Å². The molecule has 0 atom stereocenters. The molecule has 0 saturated heterocycles. The second-order valence-corrected chi connectivity index (χ2v) is 3.82. The predicted octanol–water partition coefficient (Wildman–Crippen LogP) is 2.69. The van der Waals surface area contributed by atoms with Gasteiger partial charge in [-0.3, -0.25) is 4.79 Å². The number of H-pyrrole nitrogens is 1. The van der Waals surface area contributed by atoms with Gasteiger partial charge >= 0.3 is 0 Å². The van der Waals surface area contributed by atoms with E-state index < -0.39 is 0 Å². The van der Waals surface area contributed by atoms with E-state index in [1.54, 1.807) is 0 Å². The number of carbonyl (C=O) groups is 1. The van der Waals surface area contributed by atoms with Crippen LogP contribution in [0.1, 0.15) is 28.8 Å². The van der Waals surface area contributed by atoms with Gasteiger partial charge in [-0.2, -0.15) is 0 Å². The smallest absolute Gasteiger partial charge is 0.163 e. The number of carbonyl (C=O) groups excluding carboxylic acids is 1. The summed E-state index contributed by atoms with van der Waals surface area (Å²) in [5.74, 6) is 0.302. The van der Waals surface area contributed by atoms with E-state index in [1.165, 1.54) is 5.56 Å². The number of hydrogen-bond acceptors (Lipinski definition) is 1. The highest BCUT2D eigenvalue weighted by Gasteiger charge is 2.19. The topological polar surface area (TPSA) is 32.9 Å². The van der Waals surface area contributed by atoms with Crippen molar-refractivity contribution in [2.75, 3.05) is 0 Å². The molecule has 70 valence electrons. The number of fused-ring (bicyclic) bond motifs is 3. The van der Waals surface area contributed by atoms with Crippen LogP contribution in [-0.4, -0.2) is 10.8 Å². The average Bonchev–Trinajstić information content (AvgIpc) is 2.65. The molecular formula is C12H11NO. The van der Waals surface area contributed by atoms with Crippen molar-refractivity contribution in [3.8, 4) is 0 Å². The Balaban J connectivity index is 2.41. The van der Waals surface area contributed by atoms with Crippen molar-refractivity contribution in [2.45, 2.75) is 19.3 Å². The number of nitrogens with one attached hydrogen (secondary N) is 1. The number of aromatic nitrogens is 1. The first kappa shape index (κ1) is 7.80. The van der Waals surface area contributed by atoms with E-state index in [1.807, 2.05) is 12.3 Å². The summed E-state index contributed by atoms with van der Waals surface area (Å²) in [6.07, 6.45) is 4.65. The Morgan fingerprint density at radius 2 is 2.07 bits per heavy atom. The third-order valence-corrected chi connectivity index (χ3v) is 2.95. The van der Waals surface area contributed by atoms with E-state index in [0.29, 0.717) is 12.2 Å². The van der Waals surface area contributed by atoms with E-state index in [0.717, 1.165) is 29.3 Å². The minimum absolute atomic E-state index is 0.302. The van der Waals surface area contributed by atoms with Crippen molar-refractivity contribution in [3.05, 3.63) is 35.5 Å². The molecule has 0 saturated carbocycles. The maximum absolute atomic E-state index is 11.8. The number of aryl methyl sites for hydroxylation is 1. The molecule has 0 amide bonds. The molecule has 0 radical (unpaired) electrons. The van der Waals surface area contributed by atoms with Crippen LogP contribution in [0.15, 0.2) is 24.4 Å². The molecule has 2 nitrogen and oxygen atoms in total. The van der Waals surface area contributed by atoms with E-state index in [4.69, 9.17) is 0 Å². The molecule has 0 bridgehead atoms. The van der Waals surface area contributed by atoms with Crippen molar-refractivity contribution in [1.82, 2.24) is 4.98 Å². The fraction of sp³-hybridized carbons (Fsp3) is 0.250. The number of rotatable bonds is 0. The summed E-state index contributed by atoms with van der Waals surface area (Å²) in [5.41, 5.74) is 3.24. The molecule has 0 unspecified atom stereocenters. The standard InChI is InChI=1S/C12H11NO/c14-11-3-1-2-8-4-5-10-9(12(8)11)6-7-13-10/h4-7,13H,1-3H2. The van der Waals surface area contributed by atoms with Crippen LogP contribution in [0.4, 0.5) is 0 Å². The summed E-state index contributed by atoms with van der Waals surface area (Å²) in [6.45, 7) is 0. The first-order valence-corrected chi connectivity index (χ1v) is 4.98. The molecule has 1 aromatic heterocycles. The lowest BCUT2D eigenvalue weighted by Gasteiger charge is -2.14. The normalized spacial score (nSPS) is 15.9. The Hall–Kier alpha value is -1.57. The summed E-state index contributed by atoms with van der Waals surface area (Å²) in [7, 11) is 0. The minimum atomic E-state index is 0.302. The van der Waals surface area contributed by atoms with Gasteiger partial charge in [-0.15, -0.1) is 0 Å². The van der Waals surface area contributed by atoms with Crippen LogP contribution >= 0.6 is 0 Å². The molecule has 14 heavy (non-hydrogen) atoms. The lowest BCUT2D eigenvalue weighted by Crippen LogP contribution is -2.10. The van der Waals surface area contributed by atoms with E-state index in [2.05, 4.69) is 17.1 Å². The van der Waals surface area contributed by atoms with Gasteiger partial charge in [0.05, 0.1) is 0 Å². The maximum atomic E-state index is 11.8. The van der Waals surface area contributed by atoms with Crippen LogP contribution < -0.4 is 0 Å². The van der Waals surface area contributed by atoms with Gasteiger partial charge in [0.2, 0.25) is 0 Å². The molecule has 3 rings (SSSR count). The van der Waals surface area contributed by atoms with Crippen LogP contribution in [0, 0.1) is 0 Å². The molecule has 1 aromatic carbocycles. The summed E-state index contributed by atoms with van der Waals surface area (Å²) < 4.78 is 0. The van der Waals surface area contributed by atoms with Gasteiger partial charge in [0.25, 0.3) is 0 Å². The zero-order valence-corrected chi connectivity index (χ0v) is 7.84. The zero-order valence-electron chi connectivity index (χ0n) is 7.84. The number of aromatic amines is 1. The Kier molecular flexibility index (Phi) is 1.51. The number of hydrogen-bond donors (Lipinski definition) is 1. The third-order valence-electron chi connectivity index (χ3n) is 2.95. The second kappa shape index (κ2) is 2.71. The van der Waals surface area contributed by atoms with E-state index >= 15 is 0 Å². The molecule has 0 fully saturated rings. The molecule has 0 spiro atoms. The van der Waals surface area contributed by atoms with Crippen molar-refractivity contribution >= 4 is 16.7 Å². The highest BCUT2D eigenvalue weighted by Crippen LogP contribution is 2.28. The summed E-state index contributed by atoms with van der Waals surface area (Å²) in [5, 5.41) is 1.09. The molecule has 2 aromatic rings. The monoisotopic (exact) mass is 185 g/mol. The first-order chi connectivity index (χ1) is 6.86. The SMILES string of the molecule is O=C1CCCc2ccc3[nH]ccc3c21. The maximum Gasteiger partial charge on any atom is 0.163 e. The second-order valence-electron chi connectivity index (χ2n) is 3.82. The minimum Gasteiger partial charge on any atom is -0.361 e. The third kappa shape index (κ3) is 0.939. The summed E-state index contributed by atoms with van der Waals surface area (Å²) in [4.78, 5) is 14.9. The lowest BCUT2D eigenvalue weighted by atomic mass is 9.88. The average molecular weight is 185 g/mol. The van der Waals surface area contributed by atoms with Crippen LogP contribution in [0.3, 0.4) is 0 Å². The Labute approximate surface area is 81.9 Å². The zero-order chi connectivity index (χ0) is 9.54. The van der Waals surface area contributed by atoms with Gasteiger partial charge in [0.1, 0.15) is 0 Å². The van der Waals surface area contributed by atoms with Crippen molar-refractivity contribution < 1.29 is 4.79 Å². The van der Waals surface area contributed by atoms with Crippen molar-refractivity contribution in [1.29, 1.82) is 0 Å². The van der Waals surface area contributed by atoms with Crippen LogP contribution in [0.25, 0.3) is 10.9 Å². The number of ketones is 1. The predicted molar refractivity (Wildman–Crippen MR) is 55.6 cm³/mol. The summed E-state index contributed by atoms with van der Waals surface area (Å²) >= 11 is 0. The van der Waals surface area contributed by atoms with Crippen LogP contribution in [0.2, 0.25) is 0 Å². The van der Waals surface area contributed by atoms with Crippen molar-refractivity contribution in [3.63, 3.8) is 0 Å². The highest BCUT2D eigenvalue weighted by molar-refractivity contribution is 6.09. The Bertz CT molecular complexity index is 510. The Morgan fingerprint density at radius 3 is 3.00 bits per heavy atom. The number of benzene rings is 1. The highest BCUT2D eigenvalue weighted by atomic mass is 16.1. The quantitative estimate of drug-likeness (QED) is 0.672. The van der Waals surface area contributed by atoms with Gasteiger partial charge in [-0.05, 0) is 30.5 Å². The van der Waals surface area contributed by atoms with Gasteiger partial charge < -0.3 is 4.98 Å². The van der Waals surface area contributed by atoms with Gasteiger partial charge in [0.15, 0.2) is 5.78 Å². The largest absolute Gasteiger partial charge is 0.361 e. The van der Waals surface area contributed by atoms with Gasteiger partial charge in [0, 0.05) is 29.1 Å². The molecule has 1 aliphatic rings. The summed E-state index contributed by atoms with van der Waals surface area (Å²) in [6, 6.07) is 6.13. The fourth-order valence-corrected chi connectivity index (χ4v) is 2.28. The first-order valence-electron chi connectivity index (χ1n) is 4.98. The molecule has 1 aliphatic carbocycles. The lowest BCUT2D eigenvalue weighted by molar-refractivity contribution is 0.0974. The fourth-order valence-electron chi connectivity index (χ4n) is 2.28. The molecule has 1 N–H and O–H groups in total. The van der Waals surface area contributed by atoms with Crippen molar-refractivity contribution in [2.24, 2.45) is 0 Å². The van der Waals surface area contributed by atoms with Crippen LogP contribution in [-0.2, 0) is 6.42 Å². The molecule has 0 aliphatic heterocycles. The molecule has 2 heteroatoms. The van der Waals surface area contributed by atoms with E-state index in [9.17, 15) is 4.79 Å². The van der Waals surface area contributed by atoms with Gasteiger partial charge in [-0.1, -0.05) is 6.07 Å².